The van der Waals surface area contributed by atoms with Gasteiger partial charge in [-0.25, -0.2) is 13.3 Å². The van der Waals surface area contributed by atoms with Crippen LogP contribution in [0.2, 0.25) is 0 Å². The van der Waals surface area contributed by atoms with Crippen molar-refractivity contribution in [2.24, 2.45) is 17.8 Å². The van der Waals surface area contributed by atoms with Crippen molar-refractivity contribution in [1.29, 1.82) is 0 Å². The SMILES string of the molecule is Cc1ccc(N2C(=O)c3ccc(CC[C@@H]4CC[C@@H](CS(=O)(=O)C(C)C)C(C)C4)cc3C2=O)cc1. The summed E-state index contributed by atoms with van der Waals surface area (Å²) in [4.78, 5) is 27.2. The lowest BCUT2D eigenvalue weighted by Crippen LogP contribution is -2.31. The van der Waals surface area contributed by atoms with Crippen LogP contribution in [0.3, 0.4) is 0 Å². The lowest BCUT2D eigenvalue weighted by Gasteiger charge is -2.34. The quantitative estimate of drug-likeness (QED) is 0.482. The molecule has 0 aromatic heterocycles. The molecule has 0 spiro atoms. The van der Waals surface area contributed by atoms with E-state index in [1.54, 1.807) is 19.9 Å². The summed E-state index contributed by atoms with van der Waals surface area (Å²) in [6, 6.07) is 13.1. The maximum Gasteiger partial charge on any atom is 0.266 e. The monoisotopic (exact) mass is 481 g/mol. The fourth-order valence-electron chi connectivity index (χ4n) is 5.31. The summed E-state index contributed by atoms with van der Waals surface area (Å²) >= 11 is 0. The second kappa shape index (κ2) is 9.65. The number of fused-ring (bicyclic) bond motifs is 1. The van der Waals surface area contributed by atoms with Gasteiger partial charge in [0.05, 0.1) is 27.8 Å². The van der Waals surface area contributed by atoms with Crippen molar-refractivity contribution in [3.8, 4) is 0 Å². The molecule has 2 aliphatic rings. The number of benzene rings is 2. The molecule has 34 heavy (non-hydrogen) atoms. The third-order valence-electron chi connectivity index (χ3n) is 7.70. The number of rotatable bonds is 7. The Labute approximate surface area is 203 Å². The van der Waals surface area contributed by atoms with Crippen LogP contribution in [0.4, 0.5) is 5.69 Å². The van der Waals surface area contributed by atoms with Crippen molar-refractivity contribution in [3.63, 3.8) is 0 Å². The molecule has 1 unspecified atom stereocenters. The summed E-state index contributed by atoms with van der Waals surface area (Å²) in [7, 11) is -3.01. The molecule has 2 aromatic rings. The summed E-state index contributed by atoms with van der Waals surface area (Å²) in [5, 5.41) is -0.311. The van der Waals surface area contributed by atoms with Crippen LogP contribution in [-0.4, -0.2) is 31.2 Å². The number of aryl methyl sites for hydroxylation is 2. The van der Waals surface area contributed by atoms with Crippen LogP contribution in [0, 0.1) is 24.7 Å². The van der Waals surface area contributed by atoms with E-state index in [9.17, 15) is 18.0 Å². The summed E-state index contributed by atoms with van der Waals surface area (Å²) in [5.41, 5.74) is 3.70. The Balaban J connectivity index is 1.38. The first kappa shape index (κ1) is 24.6. The number of nitrogens with zero attached hydrogens (tertiary/aromatic N) is 1. The molecule has 6 heteroatoms. The Bertz CT molecular complexity index is 1180. The van der Waals surface area contributed by atoms with Crippen molar-refractivity contribution >= 4 is 27.3 Å². The lowest BCUT2D eigenvalue weighted by atomic mass is 9.74. The van der Waals surface area contributed by atoms with E-state index in [1.807, 2.05) is 43.3 Å². The molecule has 1 aliphatic heterocycles. The maximum absolute atomic E-state index is 13.0. The first-order valence-corrected chi connectivity index (χ1v) is 14.1. The van der Waals surface area contributed by atoms with Gasteiger partial charge in [-0.05, 0) is 94.0 Å². The highest BCUT2D eigenvalue weighted by molar-refractivity contribution is 7.91. The number of carbonyl (C=O) groups is 2. The zero-order chi connectivity index (χ0) is 24.6. The molecule has 2 aromatic carbocycles. The van der Waals surface area contributed by atoms with Gasteiger partial charge < -0.3 is 0 Å². The van der Waals surface area contributed by atoms with Crippen molar-refractivity contribution in [2.75, 3.05) is 10.7 Å². The predicted molar refractivity (Wildman–Crippen MR) is 136 cm³/mol. The summed E-state index contributed by atoms with van der Waals surface area (Å²) in [6.45, 7) is 7.69. The molecule has 0 radical (unpaired) electrons. The summed E-state index contributed by atoms with van der Waals surface area (Å²) in [5.74, 6) is 0.985. The molecule has 4 rings (SSSR count). The minimum absolute atomic E-state index is 0.250. The largest absolute Gasteiger partial charge is 0.268 e. The normalized spacial score (nSPS) is 23.0. The van der Waals surface area contributed by atoms with Gasteiger partial charge in [0.25, 0.3) is 11.8 Å². The number of amides is 2. The van der Waals surface area contributed by atoms with E-state index in [2.05, 4.69) is 6.92 Å². The molecule has 1 fully saturated rings. The Morgan fingerprint density at radius 1 is 0.971 bits per heavy atom. The Hall–Kier alpha value is -2.47. The number of hydrogen-bond donors (Lipinski definition) is 0. The van der Waals surface area contributed by atoms with Crippen LogP contribution in [0.5, 0.6) is 0 Å². The number of anilines is 1. The molecule has 1 heterocycles. The Kier molecular flexibility index (Phi) is 6.99. The molecule has 3 atom stereocenters. The lowest BCUT2D eigenvalue weighted by molar-refractivity contribution is 0.0926. The smallest absolute Gasteiger partial charge is 0.266 e. The van der Waals surface area contributed by atoms with E-state index >= 15 is 0 Å². The van der Waals surface area contributed by atoms with Crippen LogP contribution in [0.15, 0.2) is 42.5 Å². The molecule has 0 bridgehead atoms. The van der Waals surface area contributed by atoms with Crippen LogP contribution < -0.4 is 4.90 Å². The third kappa shape index (κ3) is 4.97. The molecular formula is C28H35NO4S. The van der Waals surface area contributed by atoms with Crippen LogP contribution >= 0.6 is 0 Å². The van der Waals surface area contributed by atoms with Crippen LogP contribution in [0.1, 0.15) is 78.3 Å². The van der Waals surface area contributed by atoms with Gasteiger partial charge in [0, 0.05) is 0 Å². The van der Waals surface area contributed by atoms with Crippen molar-refractivity contribution in [3.05, 3.63) is 64.7 Å². The third-order valence-corrected chi connectivity index (χ3v) is 10.0. The van der Waals surface area contributed by atoms with E-state index in [0.29, 0.717) is 34.4 Å². The van der Waals surface area contributed by atoms with Gasteiger partial charge in [-0.2, -0.15) is 0 Å². The second-order valence-corrected chi connectivity index (χ2v) is 13.1. The molecule has 1 saturated carbocycles. The fourth-order valence-corrected chi connectivity index (χ4v) is 6.79. The summed E-state index contributed by atoms with van der Waals surface area (Å²) < 4.78 is 24.7. The summed E-state index contributed by atoms with van der Waals surface area (Å²) in [6.07, 6.45) is 4.91. The van der Waals surface area contributed by atoms with Gasteiger partial charge in [-0.3, -0.25) is 9.59 Å². The van der Waals surface area contributed by atoms with Crippen LogP contribution in [-0.2, 0) is 16.3 Å². The molecule has 5 nitrogen and oxygen atoms in total. The van der Waals surface area contributed by atoms with Crippen molar-refractivity contribution < 1.29 is 18.0 Å². The number of carbonyl (C=O) groups excluding carboxylic acids is 2. The number of hydrogen-bond acceptors (Lipinski definition) is 4. The molecule has 182 valence electrons. The number of imide groups is 1. The zero-order valence-electron chi connectivity index (χ0n) is 20.6. The van der Waals surface area contributed by atoms with Crippen molar-refractivity contribution in [2.45, 2.75) is 65.0 Å². The van der Waals surface area contributed by atoms with Gasteiger partial charge in [0.2, 0.25) is 0 Å². The standard InChI is InChI=1S/C28H35NO4S/c1-18(2)34(32,33)17-23-11-9-21(15-20(23)4)7-8-22-10-14-25-26(16-22)28(31)29(27(25)30)24-12-5-19(3)6-13-24/h5-6,10,12-14,16,18,20-21,23H,7-9,11,15,17H2,1-4H3/t20?,21-,23+/m1/s1. The van der Waals surface area contributed by atoms with E-state index in [0.717, 1.165) is 43.2 Å². The number of sulfone groups is 1. The first-order valence-electron chi connectivity index (χ1n) is 12.4. The predicted octanol–water partition coefficient (Wildman–Crippen LogP) is 5.60. The minimum Gasteiger partial charge on any atom is -0.268 e. The van der Waals surface area contributed by atoms with E-state index < -0.39 is 9.84 Å². The van der Waals surface area contributed by atoms with Gasteiger partial charge >= 0.3 is 0 Å². The highest BCUT2D eigenvalue weighted by atomic mass is 32.2. The molecular weight excluding hydrogens is 446 g/mol. The van der Waals surface area contributed by atoms with Gasteiger partial charge in [0.15, 0.2) is 9.84 Å². The van der Waals surface area contributed by atoms with E-state index in [4.69, 9.17) is 0 Å². The van der Waals surface area contributed by atoms with Gasteiger partial charge in [-0.15, -0.1) is 0 Å². The molecule has 2 amide bonds. The average Bonchev–Trinajstić information content (AvgIpc) is 3.04. The second-order valence-electron chi connectivity index (χ2n) is 10.5. The molecule has 0 N–H and O–H groups in total. The van der Waals surface area contributed by atoms with Crippen LogP contribution in [0.25, 0.3) is 0 Å². The zero-order valence-corrected chi connectivity index (χ0v) is 21.4. The average molecular weight is 482 g/mol. The van der Waals surface area contributed by atoms with Crippen molar-refractivity contribution in [1.82, 2.24) is 0 Å². The molecule has 1 aliphatic carbocycles. The Morgan fingerprint density at radius 2 is 1.65 bits per heavy atom. The first-order chi connectivity index (χ1) is 16.1. The fraction of sp³-hybridized carbons (Fsp3) is 0.500. The highest BCUT2D eigenvalue weighted by Gasteiger charge is 2.37. The van der Waals surface area contributed by atoms with Gasteiger partial charge in [0.1, 0.15) is 0 Å². The topological polar surface area (TPSA) is 71.5 Å². The van der Waals surface area contributed by atoms with E-state index in [-0.39, 0.29) is 23.0 Å². The van der Waals surface area contributed by atoms with Gasteiger partial charge in [-0.1, -0.05) is 37.1 Å². The Morgan fingerprint density at radius 3 is 2.29 bits per heavy atom. The molecule has 0 saturated heterocycles. The van der Waals surface area contributed by atoms with E-state index in [1.165, 1.54) is 4.90 Å². The minimum atomic E-state index is -3.01. The maximum atomic E-state index is 13.0. The highest BCUT2D eigenvalue weighted by Crippen LogP contribution is 2.37.